The average molecular weight is 323 g/mol. The third-order valence-electron chi connectivity index (χ3n) is 3.57. The topological polar surface area (TPSA) is 91.1 Å². The summed E-state index contributed by atoms with van der Waals surface area (Å²) in [7, 11) is -1.78. The van der Waals surface area contributed by atoms with Crippen molar-refractivity contribution >= 4 is 26.8 Å². The molecule has 3 N–H and O–H groups in total. The number of nitrogens with one attached hydrogen (secondary N) is 3. The van der Waals surface area contributed by atoms with Gasteiger partial charge in [-0.1, -0.05) is 6.07 Å². The van der Waals surface area contributed by atoms with Gasteiger partial charge in [0.25, 0.3) is 0 Å². The summed E-state index contributed by atoms with van der Waals surface area (Å²) in [6.45, 7) is 2.08. The van der Waals surface area contributed by atoms with E-state index in [1.165, 1.54) is 14.0 Å². The van der Waals surface area contributed by atoms with Crippen molar-refractivity contribution < 1.29 is 13.2 Å². The lowest BCUT2D eigenvalue weighted by atomic mass is 10.1. The maximum Gasteiger partial charge on any atom is 0.216 e. The molecule has 0 bridgehead atoms. The smallest absolute Gasteiger partial charge is 0.216 e. The Kier molecular flexibility index (Phi) is 5.20. The van der Waals surface area contributed by atoms with Crippen LogP contribution >= 0.6 is 0 Å². The first-order chi connectivity index (χ1) is 10.4. The summed E-state index contributed by atoms with van der Waals surface area (Å²) in [5.74, 6) is 0.0264. The van der Waals surface area contributed by atoms with Crippen LogP contribution in [0, 0.1) is 0 Å². The largest absolute Gasteiger partial charge is 0.361 e. The number of aryl methyl sites for hydroxylation is 1. The zero-order chi connectivity index (χ0) is 16.2. The Morgan fingerprint density at radius 3 is 2.73 bits per heavy atom. The van der Waals surface area contributed by atoms with Crippen molar-refractivity contribution in [1.29, 1.82) is 0 Å². The van der Waals surface area contributed by atoms with Crippen LogP contribution in [0.2, 0.25) is 0 Å². The third kappa shape index (κ3) is 4.32. The van der Waals surface area contributed by atoms with Gasteiger partial charge < -0.3 is 10.3 Å². The second-order valence-electron chi connectivity index (χ2n) is 5.20. The number of fused-ring (bicyclic) bond motifs is 1. The van der Waals surface area contributed by atoms with E-state index in [-0.39, 0.29) is 11.7 Å². The average Bonchev–Trinajstić information content (AvgIpc) is 2.88. The first-order valence-corrected chi connectivity index (χ1v) is 8.81. The number of benzene rings is 1. The van der Waals surface area contributed by atoms with E-state index in [0.29, 0.717) is 13.0 Å². The number of sulfonamides is 1. The molecule has 7 heteroatoms. The predicted octanol–water partition coefficient (Wildman–Crippen LogP) is 0.938. The minimum atomic E-state index is -3.20. The summed E-state index contributed by atoms with van der Waals surface area (Å²) in [6, 6.07) is 5.90. The minimum absolute atomic E-state index is 0.0437. The SMILES string of the molecule is CNS(=O)(=O)CCc1ccc2[nH]cc(CCNC(C)=O)c2c1. The molecule has 1 aromatic carbocycles. The Morgan fingerprint density at radius 2 is 2.05 bits per heavy atom. The molecule has 0 unspecified atom stereocenters. The molecule has 0 saturated heterocycles. The highest BCUT2D eigenvalue weighted by atomic mass is 32.2. The fourth-order valence-electron chi connectivity index (χ4n) is 2.32. The van der Waals surface area contributed by atoms with Crippen LogP contribution in [-0.2, 0) is 27.7 Å². The van der Waals surface area contributed by atoms with E-state index in [0.717, 1.165) is 28.5 Å². The van der Waals surface area contributed by atoms with Crippen molar-refractivity contribution in [3.8, 4) is 0 Å². The molecule has 0 atom stereocenters. The number of carbonyl (C=O) groups excluding carboxylic acids is 1. The van der Waals surface area contributed by atoms with Crippen LogP contribution in [0.5, 0.6) is 0 Å². The molecule has 0 aliphatic rings. The number of carbonyl (C=O) groups is 1. The molecule has 0 fully saturated rings. The van der Waals surface area contributed by atoms with Crippen molar-refractivity contribution in [2.75, 3.05) is 19.3 Å². The normalized spacial score (nSPS) is 11.7. The summed E-state index contributed by atoms with van der Waals surface area (Å²) in [6.07, 6.45) is 3.13. The second kappa shape index (κ2) is 6.93. The van der Waals surface area contributed by atoms with E-state index in [1.807, 2.05) is 24.4 Å². The molecule has 2 aromatic rings. The van der Waals surface area contributed by atoms with E-state index in [9.17, 15) is 13.2 Å². The lowest BCUT2D eigenvalue weighted by Crippen LogP contribution is -2.23. The van der Waals surface area contributed by atoms with Crippen LogP contribution < -0.4 is 10.0 Å². The quantitative estimate of drug-likeness (QED) is 0.708. The molecule has 6 nitrogen and oxygen atoms in total. The Hall–Kier alpha value is -1.86. The van der Waals surface area contributed by atoms with Gasteiger partial charge in [0, 0.05) is 30.6 Å². The molecule has 22 heavy (non-hydrogen) atoms. The molecular formula is C15H21N3O3S. The Morgan fingerprint density at radius 1 is 1.27 bits per heavy atom. The van der Waals surface area contributed by atoms with Gasteiger partial charge in [-0.15, -0.1) is 0 Å². The van der Waals surface area contributed by atoms with Crippen molar-refractivity contribution in [3.05, 3.63) is 35.5 Å². The van der Waals surface area contributed by atoms with E-state index in [2.05, 4.69) is 15.0 Å². The van der Waals surface area contributed by atoms with Gasteiger partial charge in [0.1, 0.15) is 0 Å². The number of hydrogen-bond donors (Lipinski definition) is 3. The molecule has 0 radical (unpaired) electrons. The van der Waals surface area contributed by atoms with Crippen LogP contribution in [-0.4, -0.2) is 38.7 Å². The van der Waals surface area contributed by atoms with Crippen molar-refractivity contribution in [2.24, 2.45) is 0 Å². The molecule has 0 aliphatic carbocycles. The van der Waals surface area contributed by atoms with Crippen LogP contribution in [0.15, 0.2) is 24.4 Å². The van der Waals surface area contributed by atoms with Crippen LogP contribution in [0.4, 0.5) is 0 Å². The summed E-state index contributed by atoms with van der Waals surface area (Å²) in [5.41, 5.74) is 3.10. The molecule has 0 aliphatic heterocycles. The van der Waals surface area contributed by atoms with Gasteiger partial charge in [-0.25, -0.2) is 13.1 Å². The van der Waals surface area contributed by atoms with Crippen molar-refractivity contribution in [1.82, 2.24) is 15.0 Å². The second-order valence-corrected chi connectivity index (χ2v) is 7.25. The lowest BCUT2D eigenvalue weighted by molar-refractivity contribution is -0.118. The highest BCUT2D eigenvalue weighted by molar-refractivity contribution is 7.89. The van der Waals surface area contributed by atoms with Crippen molar-refractivity contribution in [2.45, 2.75) is 19.8 Å². The molecule has 0 spiro atoms. The monoisotopic (exact) mass is 323 g/mol. The highest BCUT2D eigenvalue weighted by Crippen LogP contribution is 2.20. The van der Waals surface area contributed by atoms with E-state index < -0.39 is 10.0 Å². The van der Waals surface area contributed by atoms with Gasteiger partial charge in [-0.05, 0) is 43.1 Å². The number of amides is 1. The van der Waals surface area contributed by atoms with Crippen molar-refractivity contribution in [3.63, 3.8) is 0 Å². The van der Waals surface area contributed by atoms with Gasteiger partial charge in [0.05, 0.1) is 5.75 Å². The highest BCUT2D eigenvalue weighted by Gasteiger charge is 2.09. The number of aromatic nitrogens is 1. The molecule has 1 heterocycles. The maximum atomic E-state index is 11.5. The standard InChI is InChI=1S/C15H21N3O3S/c1-11(19)17-7-5-13-10-18-15-4-3-12(9-14(13)15)6-8-22(20,21)16-2/h3-4,9-10,16,18H,5-8H2,1-2H3,(H,17,19). The van der Waals surface area contributed by atoms with Gasteiger partial charge in [0.15, 0.2) is 0 Å². The van der Waals surface area contributed by atoms with E-state index in [1.54, 1.807) is 0 Å². The first-order valence-electron chi connectivity index (χ1n) is 7.16. The van der Waals surface area contributed by atoms with E-state index >= 15 is 0 Å². The zero-order valence-corrected chi connectivity index (χ0v) is 13.6. The Bertz CT molecular complexity index is 765. The van der Waals surface area contributed by atoms with Crippen LogP contribution in [0.3, 0.4) is 0 Å². The number of H-pyrrole nitrogens is 1. The zero-order valence-electron chi connectivity index (χ0n) is 12.8. The van der Waals surface area contributed by atoms with Gasteiger partial charge in [-0.3, -0.25) is 4.79 Å². The van der Waals surface area contributed by atoms with Gasteiger partial charge >= 0.3 is 0 Å². The molecule has 0 saturated carbocycles. The number of rotatable bonds is 7. The predicted molar refractivity (Wildman–Crippen MR) is 87.2 cm³/mol. The van der Waals surface area contributed by atoms with Gasteiger partial charge in [0.2, 0.25) is 15.9 Å². The van der Waals surface area contributed by atoms with Crippen LogP contribution in [0.25, 0.3) is 10.9 Å². The summed E-state index contributed by atoms with van der Waals surface area (Å²) in [5, 5.41) is 3.85. The summed E-state index contributed by atoms with van der Waals surface area (Å²) in [4.78, 5) is 14.1. The summed E-state index contributed by atoms with van der Waals surface area (Å²) >= 11 is 0. The van der Waals surface area contributed by atoms with E-state index in [4.69, 9.17) is 0 Å². The molecular weight excluding hydrogens is 302 g/mol. The Balaban J connectivity index is 2.12. The molecule has 2 rings (SSSR count). The fraction of sp³-hybridized carbons (Fsp3) is 0.400. The maximum absolute atomic E-state index is 11.5. The first kappa shape index (κ1) is 16.5. The molecule has 120 valence electrons. The lowest BCUT2D eigenvalue weighted by Gasteiger charge is -2.05. The molecule has 1 aromatic heterocycles. The number of hydrogen-bond acceptors (Lipinski definition) is 3. The van der Waals surface area contributed by atoms with Gasteiger partial charge in [-0.2, -0.15) is 0 Å². The fourth-order valence-corrected chi connectivity index (χ4v) is 3.02. The summed E-state index contributed by atoms with van der Waals surface area (Å²) < 4.78 is 25.3. The number of aromatic amines is 1. The Labute approximate surface area is 130 Å². The minimum Gasteiger partial charge on any atom is -0.361 e. The molecule has 1 amide bonds. The van der Waals surface area contributed by atoms with Crippen LogP contribution in [0.1, 0.15) is 18.1 Å². The third-order valence-corrected chi connectivity index (χ3v) is 4.93.